The average molecular weight is 754 g/mol. The van der Waals surface area contributed by atoms with Gasteiger partial charge in [-0.2, -0.15) is 0 Å². The van der Waals surface area contributed by atoms with E-state index in [1.54, 1.807) is 12.1 Å². The van der Waals surface area contributed by atoms with E-state index in [0.29, 0.717) is 5.69 Å². The standard InChI is InChI=1S/C18H11BrN2O2.C18H13BrN2.H2N2.H2O.H2/c19-14-8-5-7-13-12-6-1-2-9-15(12)20(18(13)14)16-10-3-4-11-17(16)21(22)23;19-14-8-5-7-13-12-6-1-3-10-16(12)21(18(13)14)17-11-4-2-9-15(17)20;1-2;;/h1-11H;1-11H,20H2;1-2H;1H2;1H. The molecule has 2 heterocycles. The van der Waals surface area contributed by atoms with E-state index in [1.807, 2.05) is 71.3 Å². The molecule has 8 aromatic rings. The predicted molar refractivity (Wildman–Crippen MR) is 199 cm³/mol. The zero-order valence-corrected chi connectivity index (χ0v) is 27.9. The van der Waals surface area contributed by atoms with Gasteiger partial charge < -0.3 is 20.3 Å². The first kappa shape index (κ1) is 33.0. The van der Waals surface area contributed by atoms with Crippen LogP contribution in [-0.2, 0) is 0 Å². The van der Waals surface area contributed by atoms with E-state index in [2.05, 4.69) is 85.0 Å². The van der Waals surface area contributed by atoms with E-state index in [-0.39, 0.29) is 17.5 Å². The number of nitrogens with two attached hydrogens (primary N) is 1. The fraction of sp³-hybridized carbons (Fsp3) is 0. The van der Waals surface area contributed by atoms with E-state index < -0.39 is 0 Å². The monoisotopic (exact) mass is 752 g/mol. The van der Waals surface area contributed by atoms with Crippen LogP contribution in [0.25, 0.3) is 55.0 Å². The van der Waals surface area contributed by atoms with E-state index in [1.165, 1.54) is 16.8 Å². The summed E-state index contributed by atoms with van der Waals surface area (Å²) in [6, 6.07) is 43.4. The van der Waals surface area contributed by atoms with Gasteiger partial charge in [0.15, 0.2) is 0 Å². The molecule has 0 unspecified atom stereocenters. The maximum atomic E-state index is 11.5. The summed E-state index contributed by atoms with van der Waals surface area (Å²) >= 11 is 7.28. The highest BCUT2D eigenvalue weighted by Gasteiger charge is 2.20. The Bertz CT molecular complexity index is 2410. The molecule has 0 atom stereocenters. The first-order chi connectivity index (χ1) is 22.5. The summed E-state index contributed by atoms with van der Waals surface area (Å²) in [5, 5.41) is 16.0. The smallest absolute Gasteiger partial charge is 0.293 e. The average Bonchev–Trinajstić information content (AvgIpc) is 3.61. The number of rotatable bonds is 3. The van der Waals surface area contributed by atoms with Gasteiger partial charge in [-0.1, -0.05) is 84.9 Å². The summed E-state index contributed by atoms with van der Waals surface area (Å²) in [6.07, 6.45) is 0. The Hall–Kier alpha value is -5.36. The van der Waals surface area contributed by atoms with Crippen LogP contribution in [0.15, 0.2) is 142 Å². The Morgan fingerprint density at radius 2 is 0.979 bits per heavy atom. The van der Waals surface area contributed by atoms with Gasteiger partial charge in [0.1, 0.15) is 5.69 Å². The molecule has 0 saturated heterocycles. The van der Waals surface area contributed by atoms with Crippen LogP contribution in [0.4, 0.5) is 11.4 Å². The van der Waals surface area contributed by atoms with Crippen LogP contribution in [0, 0.1) is 21.2 Å². The molecule has 0 aliphatic carbocycles. The van der Waals surface area contributed by atoms with Gasteiger partial charge in [0.25, 0.3) is 5.69 Å². The third-order valence-electron chi connectivity index (χ3n) is 7.79. The maximum Gasteiger partial charge on any atom is 0.293 e. The lowest BCUT2D eigenvalue weighted by Gasteiger charge is -2.11. The van der Waals surface area contributed by atoms with Crippen LogP contribution in [0.5, 0.6) is 0 Å². The zero-order chi connectivity index (χ0) is 32.4. The van der Waals surface area contributed by atoms with Crippen LogP contribution in [0.3, 0.4) is 0 Å². The minimum Gasteiger partial charge on any atom is -0.412 e. The van der Waals surface area contributed by atoms with Crippen molar-refractivity contribution in [2.45, 2.75) is 0 Å². The largest absolute Gasteiger partial charge is 0.412 e. The highest BCUT2D eigenvalue weighted by Crippen LogP contribution is 2.39. The molecule has 0 aliphatic heterocycles. The number of para-hydroxylation sites is 8. The summed E-state index contributed by atoms with van der Waals surface area (Å²) in [7, 11) is 0. The van der Waals surface area contributed by atoms with Crippen LogP contribution in [0.2, 0.25) is 0 Å². The lowest BCUT2D eigenvalue weighted by atomic mass is 10.2. The molecule has 9 nitrogen and oxygen atoms in total. The molecule has 11 heteroatoms. The second-order valence-electron chi connectivity index (χ2n) is 10.3. The van der Waals surface area contributed by atoms with E-state index in [4.69, 9.17) is 16.8 Å². The van der Waals surface area contributed by atoms with Crippen molar-refractivity contribution in [3.8, 4) is 11.4 Å². The molecule has 0 fully saturated rings. The van der Waals surface area contributed by atoms with E-state index in [0.717, 1.165) is 53.2 Å². The van der Waals surface area contributed by atoms with Crippen LogP contribution in [0.1, 0.15) is 1.43 Å². The van der Waals surface area contributed by atoms with Crippen molar-refractivity contribution in [3.05, 3.63) is 153 Å². The van der Waals surface area contributed by atoms with Crippen LogP contribution in [-0.4, -0.2) is 19.5 Å². The van der Waals surface area contributed by atoms with Crippen molar-refractivity contribution >= 4 is 86.8 Å². The second kappa shape index (κ2) is 14.0. The molecule has 0 radical (unpaired) electrons. The van der Waals surface area contributed by atoms with Gasteiger partial charge in [-0.15, -0.1) is 0 Å². The molecule has 0 amide bonds. The number of nitro groups is 1. The van der Waals surface area contributed by atoms with Gasteiger partial charge in [0.2, 0.25) is 0 Å². The fourth-order valence-electron chi connectivity index (χ4n) is 5.95. The molecular formula is C36H30Br2N6O3. The predicted octanol–water partition coefficient (Wildman–Crippen LogP) is 10.6. The summed E-state index contributed by atoms with van der Waals surface area (Å²) < 4.78 is 6.15. The van der Waals surface area contributed by atoms with Gasteiger partial charge in [0, 0.05) is 38.0 Å². The van der Waals surface area contributed by atoms with Crippen molar-refractivity contribution in [1.29, 1.82) is 11.1 Å². The summed E-state index contributed by atoms with van der Waals surface area (Å²) in [4.78, 5) is 11.1. The number of nitrogens with one attached hydrogen (secondary N) is 2. The first-order valence-electron chi connectivity index (χ1n) is 14.1. The molecule has 6 N–H and O–H groups in total. The van der Waals surface area contributed by atoms with E-state index >= 15 is 0 Å². The lowest BCUT2D eigenvalue weighted by molar-refractivity contribution is -0.384. The van der Waals surface area contributed by atoms with Gasteiger partial charge in [0.05, 0.1) is 38.4 Å². The summed E-state index contributed by atoms with van der Waals surface area (Å²) in [5.74, 6) is 0. The van der Waals surface area contributed by atoms with Gasteiger partial charge >= 0.3 is 0 Å². The van der Waals surface area contributed by atoms with Gasteiger partial charge in [-0.3, -0.25) is 10.1 Å². The Balaban J connectivity index is 0.000000199. The third-order valence-corrected chi connectivity index (χ3v) is 9.07. The quantitative estimate of drug-likeness (QED) is 0.0710. The minimum absolute atomic E-state index is 0. The molecule has 0 bridgehead atoms. The first-order valence-corrected chi connectivity index (χ1v) is 15.7. The number of hydrogen-bond acceptors (Lipinski definition) is 5. The van der Waals surface area contributed by atoms with Crippen molar-refractivity contribution < 1.29 is 11.8 Å². The van der Waals surface area contributed by atoms with Gasteiger partial charge in [-0.05, 0) is 74.3 Å². The number of halogens is 2. The third kappa shape index (κ3) is 5.76. The molecule has 8 rings (SSSR count). The Kier molecular flexibility index (Phi) is 9.80. The topological polar surface area (TPSA) is 158 Å². The van der Waals surface area contributed by atoms with Crippen LogP contribution >= 0.6 is 31.9 Å². The number of benzene rings is 6. The molecule has 6 aromatic carbocycles. The Morgan fingerprint density at radius 3 is 1.49 bits per heavy atom. The minimum atomic E-state index is -0.340. The fourth-order valence-corrected chi connectivity index (χ4v) is 7.04. The normalized spacial score (nSPS) is 10.6. The number of aromatic nitrogens is 2. The molecular weight excluding hydrogens is 724 g/mol. The number of hydrogen-bond donors (Lipinski definition) is 3. The van der Waals surface area contributed by atoms with Crippen molar-refractivity contribution in [2.24, 2.45) is 0 Å². The number of fused-ring (bicyclic) bond motifs is 6. The van der Waals surface area contributed by atoms with Crippen molar-refractivity contribution in [2.75, 3.05) is 5.73 Å². The van der Waals surface area contributed by atoms with Crippen molar-refractivity contribution in [3.63, 3.8) is 0 Å². The molecule has 47 heavy (non-hydrogen) atoms. The highest BCUT2D eigenvalue weighted by atomic mass is 79.9. The van der Waals surface area contributed by atoms with E-state index in [9.17, 15) is 10.1 Å². The SMILES string of the molecule is N=N.Nc1ccccc1-n1c2ccccc2c2cccc(Br)c21.O.O=[N+]([O-])c1ccccc1-n1c2ccccc2c2cccc(Br)c21.[HH]. The second-order valence-corrected chi connectivity index (χ2v) is 12.0. The Labute approximate surface area is 287 Å². The molecule has 0 aliphatic rings. The molecule has 0 spiro atoms. The molecule has 236 valence electrons. The van der Waals surface area contributed by atoms with Gasteiger partial charge in [-0.25, -0.2) is 11.1 Å². The lowest BCUT2D eigenvalue weighted by Crippen LogP contribution is -2.00. The highest BCUT2D eigenvalue weighted by molar-refractivity contribution is 9.11. The number of nitrogens with zero attached hydrogens (tertiary/aromatic N) is 3. The summed E-state index contributed by atoms with van der Waals surface area (Å²) in [5.41, 5.74) is 22.8. The number of anilines is 1. The number of nitrogen functional groups attached to an aromatic ring is 1. The zero-order valence-electron chi connectivity index (χ0n) is 24.7. The van der Waals surface area contributed by atoms with Crippen molar-refractivity contribution in [1.82, 2.24) is 9.13 Å². The Morgan fingerprint density at radius 1 is 0.574 bits per heavy atom. The summed E-state index contributed by atoms with van der Waals surface area (Å²) in [6.45, 7) is 0. The number of nitro benzene ring substituents is 1. The van der Waals surface area contributed by atoms with Crippen LogP contribution < -0.4 is 5.73 Å². The molecule has 2 aromatic heterocycles. The maximum absolute atomic E-state index is 11.5. The molecule has 0 saturated carbocycles.